The molecule has 0 bridgehead atoms. The normalized spacial score (nSPS) is 22.7. The van der Waals surface area contributed by atoms with E-state index < -0.39 is 0 Å². The standard InChI is InChI=1S/C25H38N2O2/c1-17-13-23(19(3)26(17)15-21-9-7-11-28-21)25(5,6)24-14-18(2)27(20(24)4)16-22-10-8-12-29-22/h13-14,21-22H,7-12,15-16H2,1-6H3/t21-,22-/m1/s1. The molecule has 2 fully saturated rings. The minimum Gasteiger partial charge on any atom is -0.376 e. The second kappa shape index (κ2) is 7.96. The summed E-state index contributed by atoms with van der Waals surface area (Å²) in [6, 6.07) is 4.80. The first-order chi connectivity index (χ1) is 13.8. The van der Waals surface area contributed by atoms with Crippen LogP contribution in [0, 0.1) is 27.7 Å². The van der Waals surface area contributed by atoms with Crippen LogP contribution in [-0.4, -0.2) is 34.6 Å². The molecule has 0 aliphatic carbocycles. The number of aromatic nitrogens is 2. The molecular weight excluding hydrogens is 360 g/mol. The number of nitrogens with zero attached hydrogens (tertiary/aromatic N) is 2. The van der Waals surface area contributed by atoms with E-state index in [1.54, 1.807) is 0 Å². The van der Waals surface area contributed by atoms with Crippen LogP contribution in [0.5, 0.6) is 0 Å². The third-order valence-corrected chi connectivity index (χ3v) is 7.31. The number of ether oxygens (including phenoxy) is 2. The van der Waals surface area contributed by atoms with Gasteiger partial charge in [-0.2, -0.15) is 0 Å². The van der Waals surface area contributed by atoms with E-state index in [9.17, 15) is 0 Å². The van der Waals surface area contributed by atoms with E-state index in [0.717, 1.165) is 26.3 Å². The monoisotopic (exact) mass is 398 g/mol. The molecular formula is C25H38N2O2. The Kier molecular flexibility index (Phi) is 5.69. The van der Waals surface area contributed by atoms with Gasteiger partial charge in [0.15, 0.2) is 0 Å². The first kappa shape index (κ1) is 20.7. The van der Waals surface area contributed by atoms with Gasteiger partial charge in [0.1, 0.15) is 0 Å². The molecule has 0 amide bonds. The Balaban J connectivity index is 1.64. The highest BCUT2D eigenvalue weighted by molar-refractivity contribution is 5.45. The zero-order chi connectivity index (χ0) is 20.8. The van der Waals surface area contributed by atoms with Crippen LogP contribution in [0.2, 0.25) is 0 Å². The van der Waals surface area contributed by atoms with Crippen LogP contribution in [0.25, 0.3) is 0 Å². The quantitative estimate of drug-likeness (QED) is 0.668. The van der Waals surface area contributed by atoms with Gasteiger partial charge in [-0.25, -0.2) is 0 Å². The van der Waals surface area contributed by atoms with E-state index in [1.165, 1.54) is 59.6 Å². The largest absolute Gasteiger partial charge is 0.376 e. The predicted octanol–water partition coefficient (Wildman–Crippen LogP) is 5.21. The molecule has 2 aliphatic rings. The summed E-state index contributed by atoms with van der Waals surface area (Å²) < 4.78 is 16.8. The lowest BCUT2D eigenvalue weighted by atomic mass is 9.78. The maximum atomic E-state index is 5.91. The van der Waals surface area contributed by atoms with Gasteiger partial charge in [-0.3, -0.25) is 0 Å². The van der Waals surface area contributed by atoms with E-state index in [0.29, 0.717) is 12.2 Å². The van der Waals surface area contributed by atoms with E-state index in [1.807, 2.05) is 0 Å². The fourth-order valence-corrected chi connectivity index (χ4v) is 5.56. The molecule has 2 atom stereocenters. The predicted molar refractivity (Wildman–Crippen MR) is 118 cm³/mol. The maximum Gasteiger partial charge on any atom is 0.0754 e. The van der Waals surface area contributed by atoms with Gasteiger partial charge in [-0.15, -0.1) is 0 Å². The highest BCUT2D eigenvalue weighted by atomic mass is 16.5. The van der Waals surface area contributed by atoms with Crippen molar-refractivity contribution in [3.8, 4) is 0 Å². The zero-order valence-electron chi connectivity index (χ0n) is 19.2. The Morgan fingerprint density at radius 1 is 0.793 bits per heavy atom. The molecule has 2 aliphatic heterocycles. The summed E-state index contributed by atoms with van der Waals surface area (Å²) in [5, 5.41) is 0. The molecule has 0 unspecified atom stereocenters. The van der Waals surface area contributed by atoms with Crippen LogP contribution < -0.4 is 0 Å². The van der Waals surface area contributed by atoms with Gasteiger partial charge >= 0.3 is 0 Å². The summed E-state index contributed by atoms with van der Waals surface area (Å²) in [5.41, 5.74) is 8.28. The van der Waals surface area contributed by atoms with E-state index in [4.69, 9.17) is 9.47 Å². The molecule has 29 heavy (non-hydrogen) atoms. The summed E-state index contributed by atoms with van der Waals surface area (Å²) in [6.45, 7) is 17.6. The van der Waals surface area contributed by atoms with E-state index >= 15 is 0 Å². The highest BCUT2D eigenvalue weighted by Gasteiger charge is 2.32. The fourth-order valence-electron chi connectivity index (χ4n) is 5.56. The van der Waals surface area contributed by atoms with Crippen molar-refractivity contribution in [2.45, 2.75) is 97.9 Å². The molecule has 0 aromatic carbocycles. The third-order valence-electron chi connectivity index (χ3n) is 7.31. The summed E-state index contributed by atoms with van der Waals surface area (Å²) >= 11 is 0. The number of hydrogen-bond acceptors (Lipinski definition) is 2. The van der Waals surface area contributed by atoms with Crippen LogP contribution in [0.1, 0.15) is 73.4 Å². The van der Waals surface area contributed by atoms with Crippen LogP contribution in [0.15, 0.2) is 12.1 Å². The van der Waals surface area contributed by atoms with Gasteiger partial charge in [0.25, 0.3) is 0 Å². The van der Waals surface area contributed by atoms with Crippen molar-refractivity contribution in [1.29, 1.82) is 0 Å². The van der Waals surface area contributed by atoms with E-state index in [-0.39, 0.29) is 5.41 Å². The Morgan fingerprint density at radius 3 is 1.55 bits per heavy atom. The lowest BCUT2D eigenvalue weighted by Crippen LogP contribution is -2.23. The van der Waals surface area contributed by atoms with Gasteiger partial charge < -0.3 is 18.6 Å². The van der Waals surface area contributed by atoms with Gasteiger partial charge in [0.05, 0.1) is 12.2 Å². The number of rotatable bonds is 6. The van der Waals surface area contributed by atoms with Crippen LogP contribution in [-0.2, 0) is 28.0 Å². The number of hydrogen-bond donors (Lipinski definition) is 0. The second-order valence-corrected chi connectivity index (χ2v) is 9.69. The molecule has 2 aromatic rings. The van der Waals surface area contributed by atoms with Gasteiger partial charge in [-0.05, 0) is 76.6 Å². The second-order valence-electron chi connectivity index (χ2n) is 9.69. The SMILES string of the molecule is Cc1cc(C(C)(C)c2cc(C)n(C[C@H]3CCCO3)c2C)c(C)n1C[C@H]1CCCO1. The third kappa shape index (κ3) is 3.82. The average Bonchev–Trinajstić information content (AvgIpc) is 3.45. The summed E-state index contributed by atoms with van der Waals surface area (Å²) in [6.07, 6.45) is 5.48. The Morgan fingerprint density at radius 2 is 1.21 bits per heavy atom. The molecule has 0 N–H and O–H groups in total. The van der Waals surface area contributed by atoms with Gasteiger partial charge in [0.2, 0.25) is 0 Å². The topological polar surface area (TPSA) is 28.3 Å². The molecule has 0 radical (unpaired) electrons. The summed E-state index contributed by atoms with van der Waals surface area (Å²) in [7, 11) is 0. The minimum atomic E-state index is -0.0345. The maximum absolute atomic E-state index is 5.91. The lowest BCUT2D eigenvalue weighted by molar-refractivity contribution is 0.0961. The molecule has 4 rings (SSSR count). The minimum absolute atomic E-state index is 0.0345. The Hall–Kier alpha value is -1.52. The molecule has 4 heteroatoms. The van der Waals surface area contributed by atoms with Crippen molar-refractivity contribution in [2.75, 3.05) is 13.2 Å². The first-order valence-electron chi connectivity index (χ1n) is 11.4. The van der Waals surface area contributed by atoms with Crippen molar-refractivity contribution in [2.24, 2.45) is 0 Å². The molecule has 160 valence electrons. The first-order valence-corrected chi connectivity index (χ1v) is 11.4. The molecule has 2 aromatic heterocycles. The fraction of sp³-hybridized carbons (Fsp3) is 0.680. The molecule has 4 heterocycles. The molecule has 0 spiro atoms. The highest BCUT2D eigenvalue weighted by Crippen LogP contribution is 2.38. The van der Waals surface area contributed by atoms with Crippen molar-refractivity contribution >= 4 is 0 Å². The molecule has 4 nitrogen and oxygen atoms in total. The van der Waals surface area contributed by atoms with Gasteiger partial charge in [0, 0.05) is 54.5 Å². The Labute approximate surface area is 176 Å². The van der Waals surface area contributed by atoms with E-state index in [2.05, 4.69) is 62.8 Å². The zero-order valence-corrected chi connectivity index (χ0v) is 19.2. The van der Waals surface area contributed by atoms with Crippen molar-refractivity contribution < 1.29 is 9.47 Å². The molecule has 0 saturated carbocycles. The smallest absolute Gasteiger partial charge is 0.0754 e. The lowest BCUT2D eigenvalue weighted by Gasteiger charge is -2.27. The number of aryl methyl sites for hydroxylation is 2. The van der Waals surface area contributed by atoms with Crippen LogP contribution >= 0.6 is 0 Å². The Bertz CT molecular complexity index is 792. The van der Waals surface area contributed by atoms with Crippen molar-refractivity contribution in [1.82, 2.24) is 9.13 Å². The average molecular weight is 399 g/mol. The van der Waals surface area contributed by atoms with Crippen molar-refractivity contribution in [3.63, 3.8) is 0 Å². The summed E-state index contributed by atoms with van der Waals surface area (Å²) in [4.78, 5) is 0. The van der Waals surface area contributed by atoms with Crippen LogP contribution in [0.4, 0.5) is 0 Å². The van der Waals surface area contributed by atoms with Crippen molar-refractivity contribution in [3.05, 3.63) is 46.0 Å². The molecule has 2 saturated heterocycles. The summed E-state index contributed by atoms with van der Waals surface area (Å²) in [5.74, 6) is 0. The van der Waals surface area contributed by atoms with Gasteiger partial charge in [-0.1, -0.05) is 13.8 Å². The van der Waals surface area contributed by atoms with Crippen LogP contribution in [0.3, 0.4) is 0 Å².